The fourth-order valence-corrected chi connectivity index (χ4v) is 2.44. The molecule has 0 atom stereocenters. The maximum atomic E-state index is 11.4. The molecule has 0 N–H and O–H groups in total. The lowest BCUT2D eigenvalue weighted by atomic mass is 10.3. The first-order valence-electron chi connectivity index (χ1n) is 3.70. The lowest BCUT2D eigenvalue weighted by molar-refractivity contribution is -0.387. The molecule has 0 spiro atoms. The summed E-state index contributed by atoms with van der Waals surface area (Å²) in [6.45, 7) is 3.08. The van der Waals surface area contributed by atoms with Gasteiger partial charge in [-0.3, -0.25) is 10.1 Å². The van der Waals surface area contributed by atoms with Crippen molar-refractivity contribution in [1.29, 1.82) is 0 Å². The molecule has 0 aliphatic rings. The van der Waals surface area contributed by atoms with E-state index in [1.165, 1.54) is 12.1 Å². The first-order chi connectivity index (χ1) is 6.90. The van der Waals surface area contributed by atoms with Crippen molar-refractivity contribution in [2.24, 2.45) is 0 Å². The minimum absolute atomic E-state index is 0.191. The summed E-state index contributed by atoms with van der Waals surface area (Å²) in [5.41, 5.74) is -0.553. The zero-order valence-corrected chi connectivity index (χ0v) is 8.96. The Kier molecular flexibility index (Phi) is 3.11. The Morgan fingerprint density at radius 3 is 2.53 bits per heavy atom. The molecule has 7 heteroatoms. The molecule has 0 aromatic heterocycles. The number of sulfone groups is 1. The maximum Gasteiger partial charge on any atom is 0.289 e. The van der Waals surface area contributed by atoms with Crippen LogP contribution in [0.5, 0.6) is 0 Å². The van der Waals surface area contributed by atoms with Crippen molar-refractivity contribution in [3.63, 3.8) is 0 Å². The van der Waals surface area contributed by atoms with E-state index in [4.69, 9.17) is 11.6 Å². The van der Waals surface area contributed by atoms with Gasteiger partial charge in [-0.05, 0) is 6.07 Å². The van der Waals surface area contributed by atoms with Gasteiger partial charge < -0.3 is 0 Å². The molecule has 15 heavy (non-hydrogen) atoms. The second-order valence-corrected chi connectivity index (χ2v) is 4.80. The van der Waals surface area contributed by atoms with Crippen LogP contribution in [0.1, 0.15) is 0 Å². The summed E-state index contributed by atoms with van der Waals surface area (Å²) < 4.78 is 22.9. The monoisotopic (exact) mass is 247 g/mol. The smallest absolute Gasteiger partial charge is 0.258 e. The summed E-state index contributed by atoms with van der Waals surface area (Å²) in [6.07, 6.45) is 0. The van der Waals surface area contributed by atoms with Crippen LogP contribution in [0, 0.1) is 10.1 Å². The lowest BCUT2D eigenvalue weighted by Gasteiger charge is -2.02. The molecule has 0 aliphatic heterocycles. The topological polar surface area (TPSA) is 77.3 Å². The summed E-state index contributed by atoms with van der Waals surface area (Å²) in [5, 5.41) is 11.0. The number of nitrogens with zero attached hydrogens (tertiary/aromatic N) is 1. The van der Waals surface area contributed by atoms with E-state index in [0.717, 1.165) is 6.07 Å². The van der Waals surface area contributed by atoms with Gasteiger partial charge in [-0.2, -0.15) is 0 Å². The summed E-state index contributed by atoms with van der Waals surface area (Å²) in [5.74, 6) is 0. The number of nitro benzene ring substituents is 1. The largest absolute Gasteiger partial charge is 0.289 e. The molecule has 5 nitrogen and oxygen atoms in total. The van der Waals surface area contributed by atoms with E-state index >= 15 is 0 Å². The van der Waals surface area contributed by atoms with E-state index in [1.807, 2.05) is 0 Å². The van der Waals surface area contributed by atoms with Crippen molar-refractivity contribution in [2.75, 3.05) is 0 Å². The van der Waals surface area contributed by atoms with Crippen LogP contribution in [0.15, 0.2) is 35.1 Å². The molecule has 80 valence electrons. The van der Waals surface area contributed by atoms with Crippen LogP contribution in [0.2, 0.25) is 5.02 Å². The lowest BCUT2D eigenvalue weighted by Crippen LogP contribution is -2.02. The van der Waals surface area contributed by atoms with E-state index in [9.17, 15) is 18.5 Å². The third-order valence-corrected chi connectivity index (χ3v) is 3.51. The van der Waals surface area contributed by atoms with Gasteiger partial charge in [0.25, 0.3) is 5.69 Å². The van der Waals surface area contributed by atoms with Crippen molar-refractivity contribution in [1.82, 2.24) is 0 Å². The van der Waals surface area contributed by atoms with Crippen molar-refractivity contribution in [3.05, 3.63) is 45.3 Å². The molecule has 0 saturated carbocycles. The highest BCUT2D eigenvalue weighted by atomic mass is 35.5. The minimum atomic E-state index is -3.91. The molecule has 0 aliphatic carbocycles. The first-order valence-corrected chi connectivity index (χ1v) is 5.63. The Morgan fingerprint density at radius 1 is 1.47 bits per heavy atom. The van der Waals surface area contributed by atoms with Gasteiger partial charge in [0.15, 0.2) is 4.90 Å². The van der Waals surface area contributed by atoms with Crippen LogP contribution >= 0.6 is 11.6 Å². The Morgan fingerprint density at radius 2 is 2.07 bits per heavy atom. The molecule has 0 fully saturated rings. The fourth-order valence-electron chi connectivity index (χ4n) is 1.01. The zero-order chi connectivity index (χ0) is 11.6. The van der Waals surface area contributed by atoms with Crippen LogP contribution in [0.4, 0.5) is 5.69 Å². The highest BCUT2D eigenvalue weighted by molar-refractivity contribution is 7.94. The number of hydrogen-bond donors (Lipinski definition) is 0. The normalized spacial score (nSPS) is 11.0. The third-order valence-electron chi connectivity index (χ3n) is 1.65. The molecule has 1 rings (SSSR count). The predicted molar refractivity (Wildman–Crippen MR) is 55.5 cm³/mol. The van der Waals surface area contributed by atoms with Gasteiger partial charge >= 0.3 is 0 Å². The van der Waals surface area contributed by atoms with E-state index < -0.39 is 25.3 Å². The Bertz CT molecular complexity index is 523. The van der Waals surface area contributed by atoms with Crippen LogP contribution < -0.4 is 0 Å². The van der Waals surface area contributed by atoms with Crippen LogP contribution in [0.25, 0.3) is 0 Å². The van der Waals surface area contributed by atoms with Gasteiger partial charge in [0.05, 0.1) is 9.95 Å². The van der Waals surface area contributed by atoms with Crippen molar-refractivity contribution in [2.45, 2.75) is 4.90 Å². The number of hydrogen-bond acceptors (Lipinski definition) is 4. The second kappa shape index (κ2) is 4.00. The van der Waals surface area contributed by atoms with E-state index in [0.29, 0.717) is 5.41 Å². The highest BCUT2D eigenvalue weighted by Crippen LogP contribution is 2.31. The SMILES string of the molecule is C=CS(=O)(=O)c1c(Cl)cccc1[N+](=O)[O-]. The zero-order valence-electron chi connectivity index (χ0n) is 7.38. The van der Waals surface area contributed by atoms with Gasteiger partial charge in [-0.25, -0.2) is 8.42 Å². The second-order valence-electron chi connectivity index (χ2n) is 2.56. The first kappa shape index (κ1) is 11.7. The average Bonchev–Trinajstić information content (AvgIpc) is 2.17. The van der Waals surface area contributed by atoms with Crippen LogP contribution in [0.3, 0.4) is 0 Å². The van der Waals surface area contributed by atoms with Crippen molar-refractivity contribution < 1.29 is 13.3 Å². The Balaban J connectivity index is 3.66. The molecule has 0 heterocycles. The molecule has 0 amide bonds. The summed E-state index contributed by atoms with van der Waals surface area (Å²) in [7, 11) is -3.91. The van der Waals surface area contributed by atoms with E-state index in [2.05, 4.69) is 6.58 Å². The maximum absolute atomic E-state index is 11.4. The fraction of sp³-hybridized carbons (Fsp3) is 0. The molecular formula is C8H6ClNO4S. The van der Waals surface area contributed by atoms with Crippen LogP contribution in [-0.2, 0) is 9.84 Å². The standard InChI is InChI=1S/C8H6ClNO4S/c1-2-15(13,14)8-6(9)4-3-5-7(8)10(11)12/h2-5H,1H2. The van der Waals surface area contributed by atoms with E-state index in [1.54, 1.807) is 0 Å². The van der Waals surface area contributed by atoms with Crippen molar-refractivity contribution >= 4 is 27.1 Å². The molecule has 0 unspecified atom stereocenters. The Hall–Kier alpha value is -1.40. The molecule has 0 saturated heterocycles. The van der Waals surface area contributed by atoms with Gasteiger partial charge in [0.1, 0.15) is 0 Å². The van der Waals surface area contributed by atoms with Crippen molar-refractivity contribution in [3.8, 4) is 0 Å². The summed E-state index contributed by atoms with van der Waals surface area (Å²) in [4.78, 5) is 9.26. The van der Waals surface area contributed by atoms with Crippen LogP contribution in [-0.4, -0.2) is 13.3 Å². The van der Waals surface area contributed by atoms with E-state index in [-0.39, 0.29) is 5.02 Å². The van der Waals surface area contributed by atoms with Gasteiger partial charge in [0.2, 0.25) is 9.84 Å². The summed E-state index contributed by atoms with van der Waals surface area (Å²) >= 11 is 5.61. The Labute approximate surface area is 91.1 Å². The van der Waals surface area contributed by atoms with Gasteiger partial charge in [-0.15, -0.1) is 0 Å². The van der Waals surface area contributed by atoms with Gasteiger partial charge in [0, 0.05) is 11.5 Å². The average molecular weight is 248 g/mol. The minimum Gasteiger partial charge on any atom is -0.258 e. The highest BCUT2D eigenvalue weighted by Gasteiger charge is 2.26. The molecule has 1 aromatic carbocycles. The number of nitro groups is 1. The number of halogens is 1. The predicted octanol–water partition coefficient (Wildman–Crippen LogP) is 2.17. The number of benzene rings is 1. The van der Waals surface area contributed by atoms with Gasteiger partial charge in [-0.1, -0.05) is 24.2 Å². The molecule has 0 bridgehead atoms. The third kappa shape index (κ3) is 2.16. The quantitative estimate of drug-likeness (QED) is 0.606. The summed E-state index contributed by atoms with van der Waals surface area (Å²) in [6, 6.07) is 3.65. The molecular weight excluding hydrogens is 242 g/mol. The molecule has 1 aromatic rings. The molecule has 0 radical (unpaired) electrons. The number of rotatable bonds is 3.